The molecule has 16 heavy (non-hydrogen) atoms. The van der Waals surface area contributed by atoms with Gasteiger partial charge in [0.2, 0.25) is 10.0 Å². The van der Waals surface area contributed by atoms with Gasteiger partial charge in [-0.1, -0.05) is 0 Å². The Bertz CT molecular complexity index is 699. The van der Waals surface area contributed by atoms with Gasteiger partial charge in [-0.3, -0.25) is 0 Å². The molecule has 0 bridgehead atoms. The third-order valence-corrected chi connectivity index (χ3v) is 2.86. The molecule has 0 unspecified atom stereocenters. The molecule has 0 spiro atoms. The molecule has 2 aromatic rings. The highest BCUT2D eigenvalue weighted by Crippen LogP contribution is 2.27. The Kier molecular flexibility index (Phi) is 2.52. The monoisotopic (exact) mass is 256 g/mol. The van der Waals surface area contributed by atoms with E-state index < -0.39 is 10.0 Å². The van der Waals surface area contributed by atoms with Gasteiger partial charge in [0.05, 0.1) is 5.16 Å². The lowest BCUT2D eigenvalue weighted by atomic mass is 10.3. The van der Waals surface area contributed by atoms with Gasteiger partial charge in [-0.25, -0.2) is 18.2 Å². The molecule has 2 N–H and O–H groups in total. The molecule has 0 aliphatic rings. The molecular formula is C7H4N4O3S2. The maximum absolute atomic E-state index is 11.2. The Balaban J connectivity index is 2.89. The van der Waals surface area contributed by atoms with E-state index in [1.165, 1.54) is 12.1 Å². The van der Waals surface area contributed by atoms with Gasteiger partial charge in [-0.2, -0.15) is 4.99 Å². The average molecular weight is 256 g/mol. The van der Waals surface area contributed by atoms with Crippen molar-refractivity contribution in [3.63, 3.8) is 0 Å². The van der Waals surface area contributed by atoms with Crippen LogP contribution in [0.4, 0.5) is 5.69 Å². The molecule has 0 atom stereocenters. The van der Waals surface area contributed by atoms with E-state index in [1.54, 1.807) is 0 Å². The number of hydrogen-bond donors (Lipinski definition) is 1. The predicted molar refractivity (Wildman–Crippen MR) is 57.9 cm³/mol. The lowest BCUT2D eigenvalue weighted by molar-refractivity contribution is 0.315. The number of sulfonamides is 1. The van der Waals surface area contributed by atoms with Crippen molar-refractivity contribution in [2.75, 3.05) is 0 Å². The van der Waals surface area contributed by atoms with Gasteiger partial charge in [0, 0.05) is 0 Å². The summed E-state index contributed by atoms with van der Waals surface area (Å²) in [4.78, 5) is 3.52. The van der Waals surface area contributed by atoms with Crippen molar-refractivity contribution in [1.82, 2.24) is 10.3 Å². The fraction of sp³-hybridized carbons (Fsp3) is 0. The second-order valence-corrected chi connectivity index (χ2v) is 4.50. The van der Waals surface area contributed by atoms with E-state index in [9.17, 15) is 8.42 Å². The van der Waals surface area contributed by atoms with Crippen LogP contribution in [0.3, 0.4) is 0 Å². The van der Waals surface area contributed by atoms with Crippen LogP contribution in [0.1, 0.15) is 0 Å². The molecular weight excluding hydrogens is 252 g/mol. The number of benzene rings is 1. The van der Waals surface area contributed by atoms with E-state index in [4.69, 9.17) is 5.14 Å². The molecule has 0 saturated heterocycles. The van der Waals surface area contributed by atoms with Gasteiger partial charge in [-0.15, -0.1) is 0 Å². The van der Waals surface area contributed by atoms with E-state index in [0.717, 1.165) is 0 Å². The number of primary sulfonamides is 1. The topological polar surface area (TPSA) is 111 Å². The SMILES string of the molecule is NS(=O)(=O)c1ccc(N=C=S)c2nonc12. The molecule has 0 amide bonds. The van der Waals surface area contributed by atoms with Crippen molar-refractivity contribution in [2.45, 2.75) is 4.90 Å². The van der Waals surface area contributed by atoms with E-state index in [2.05, 4.69) is 37.3 Å². The molecule has 1 aromatic heterocycles. The number of hydrogen-bond acceptors (Lipinski definition) is 7. The first-order chi connectivity index (χ1) is 7.54. The number of nitrogens with zero attached hydrogens (tertiary/aromatic N) is 3. The van der Waals surface area contributed by atoms with Crippen molar-refractivity contribution in [3.8, 4) is 0 Å². The summed E-state index contributed by atoms with van der Waals surface area (Å²) in [5, 5.41) is 14.1. The smallest absolute Gasteiger partial charge is 0.240 e. The fourth-order valence-corrected chi connectivity index (χ4v) is 1.96. The van der Waals surface area contributed by atoms with Crippen LogP contribution < -0.4 is 5.14 Å². The van der Waals surface area contributed by atoms with Crippen LogP contribution in [0, 0.1) is 0 Å². The van der Waals surface area contributed by atoms with Crippen molar-refractivity contribution < 1.29 is 13.0 Å². The Morgan fingerprint density at radius 1 is 1.38 bits per heavy atom. The van der Waals surface area contributed by atoms with Crippen molar-refractivity contribution in [2.24, 2.45) is 10.1 Å². The number of rotatable bonds is 2. The Morgan fingerprint density at radius 2 is 2.06 bits per heavy atom. The molecule has 9 heteroatoms. The van der Waals surface area contributed by atoms with E-state index in [1.807, 2.05) is 0 Å². The zero-order valence-corrected chi connectivity index (χ0v) is 9.25. The molecule has 7 nitrogen and oxygen atoms in total. The summed E-state index contributed by atoms with van der Waals surface area (Å²) in [6, 6.07) is 2.65. The molecule has 0 saturated carbocycles. The van der Waals surface area contributed by atoms with Crippen molar-refractivity contribution in [1.29, 1.82) is 0 Å². The van der Waals surface area contributed by atoms with Gasteiger partial charge >= 0.3 is 0 Å². The van der Waals surface area contributed by atoms with Crippen LogP contribution in [-0.2, 0) is 10.0 Å². The quantitative estimate of drug-likeness (QED) is 0.622. The van der Waals surface area contributed by atoms with Gasteiger partial charge in [-0.05, 0) is 34.7 Å². The summed E-state index contributed by atoms with van der Waals surface area (Å²) in [6.45, 7) is 0. The molecule has 0 aliphatic carbocycles. The minimum Gasteiger partial charge on any atom is -0.243 e. The first-order valence-electron chi connectivity index (χ1n) is 3.90. The van der Waals surface area contributed by atoms with Gasteiger partial charge in [0.1, 0.15) is 10.6 Å². The van der Waals surface area contributed by atoms with Gasteiger partial charge in [0.25, 0.3) is 0 Å². The molecule has 0 radical (unpaired) electrons. The summed E-state index contributed by atoms with van der Waals surface area (Å²) >= 11 is 4.44. The summed E-state index contributed by atoms with van der Waals surface area (Å²) in [5.41, 5.74) is 0.511. The summed E-state index contributed by atoms with van der Waals surface area (Å²) < 4.78 is 26.9. The van der Waals surface area contributed by atoms with Gasteiger partial charge in [0.15, 0.2) is 11.0 Å². The highest BCUT2D eigenvalue weighted by atomic mass is 32.2. The van der Waals surface area contributed by atoms with E-state index in [-0.39, 0.29) is 15.9 Å². The number of isothiocyanates is 1. The normalized spacial score (nSPS) is 11.3. The highest BCUT2D eigenvalue weighted by Gasteiger charge is 2.18. The fourth-order valence-electron chi connectivity index (χ4n) is 1.20. The first-order valence-corrected chi connectivity index (χ1v) is 5.85. The number of fused-ring (bicyclic) bond motifs is 1. The molecule has 82 valence electrons. The molecule has 0 fully saturated rings. The van der Waals surface area contributed by atoms with Crippen molar-refractivity contribution >= 4 is 44.1 Å². The summed E-state index contributed by atoms with van der Waals surface area (Å²) in [6.07, 6.45) is 0. The predicted octanol–water partition coefficient (Wildman–Crippen LogP) is 0.605. The number of thiocarbonyl (C=S) groups is 1. The minimum absolute atomic E-state index is 0.0222. The number of aliphatic imine (C=N–C) groups is 1. The lowest BCUT2D eigenvalue weighted by Crippen LogP contribution is -2.12. The van der Waals surface area contributed by atoms with Crippen LogP contribution in [-0.4, -0.2) is 23.9 Å². The van der Waals surface area contributed by atoms with Crippen LogP contribution in [0.5, 0.6) is 0 Å². The second-order valence-electron chi connectivity index (χ2n) is 2.79. The molecule has 0 aliphatic heterocycles. The van der Waals surface area contributed by atoms with Crippen molar-refractivity contribution in [3.05, 3.63) is 12.1 Å². The van der Waals surface area contributed by atoms with Crippen LogP contribution >= 0.6 is 12.2 Å². The van der Waals surface area contributed by atoms with Crippen LogP contribution in [0.25, 0.3) is 11.0 Å². The first kappa shape index (κ1) is 10.8. The largest absolute Gasteiger partial charge is 0.243 e. The standard InChI is InChI=1S/C7H4N4O3S2/c8-16(12,13)5-2-1-4(9-3-15)6-7(5)11-14-10-6/h1-2H,(H2,8,12,13). The molecule has 2 rings (SSSR count). The number of nitrogens with two attached hydrogens (primary N) is 1. The molecule has 1 aromatic carbocycles. The highest BCUT2D eigenvalue weighted by molar-refractivity contribution is 7.89. The van der Waals surface area contributed by atoms with E-state index >= 15 is 0 Å². The van der Waals surface area contributed by atoms with Gasteiger partial charge < -0.3 is 0 Å². The third kappa shape index (κ3) is 1.72. The molecule has 1 heterocycles. The Hall–Kier alpha value is -1.67. The maximum atomic E-state index is 11.2. The number of aromatic nitrogens is 2. The summed E-state index contributed by atoms with van der Waals surface area (Å²) in [5.74, 6) is 0. The Labute approximate surface area is 95.0 Å². The van der Waals surface area contributed by atoms with E-state index in [0.29, 0.717) is 5.69 Å². The minimum atomic E-state index is -3.88. The lowest BCUT2D eigenvalue weighted by Gasteiger charge is -1.98. The summed E-state index contributed by atoms with van der Waals surface area (Å²) in [7, 11) is -3.88. The Morgan fingerprint density at radius 3 is 2.69 bits per heavy atom. The third-order valence-electron chi connectivity index (χ3n) is 1.83. The zero-order chi connectivity index (χ0) is 11.8. The van der Waals surface area contributed by atoms with Crippen LogP contribution in [0.15, 0.2) is 26.6 Å². The average Bonchev–Trinajstić information content (AvgIpc) is 2.65. The second kappa shape index (κ2) is 3.72. The maximum Gasteiger partial charge on any atom is 0.240 e. The zero-order valence-electron chi connectivity index (χ0n) is 7.61. The van der Waals surface area contributed by atoms with Crippen LogP contribution in [0.2, 0.25) is 0 Å².